The summed E-state index contributed by atoms with van der Waals surface area (Å²) >= 11 is 5.94. The number of benzene rings is 2. The number of hydrogen-bond acceptors (Lipinski definition) is 2. The molecule has 0 bridgehead atoms. The maximum absolute atomic E-state index is 13.1. The van der Waals surface area contributed by atoms with Crippen LogP contribution < -0.4 is 5.32 Å². The lowest BCUT2D eigenvalue weighted by Crippen LogP contribution is -2.32. The summed E-state index contributed by atoms with van der Waals surface area (Å²) in [5.74, 6) is -0.156. The first-order valence-corrected chi connectivity index (χ1v) is 9.64. The van der Waals surface area contributed by atoms with Gasteiger partial charge in [0.25, 0.3) is 0 Å². The van der Waals surface area contributed by atoms with Crippen molar-refractivity contribution in [1.82, 2.24) is 9.88 Å². The molecule has 1 amide bonds. The van der Waals surface area contributed by atoms with Crippen molar-refractivity contribution in [2.24, 2.45) is 0 Å². The Morgan fingerprint density at radius 1 is 0.964 bits per heavy atom. The third-order valence-electron chi connectivity index (χ3n) is 4.38. The molecule has 144 valence electrons. The molecule has 1 N–H and O–H groups in total. The number of rotatable bonds is 7. The van der Waals surface area contributed by atoms with E-state index < -0.39 is 0 Å². The zero-order chi connectivity index (χ0) is 20.1. The van der Waals surface area contributed by atoms with Gasteiger partial charge in [-0.25, -0.2) is 0 Å². The van der Waals surface area contributed by atoms with Gasteiger partial charge in [0, 0.05) is 28.9 Å². The number of hydrogen-bond donors (Lipinski definition) is 1. The number of carbonyl (C=O) groups is 2. The molecule has 0 radical (unpaired) electrons. The molecule has 0 saturated heterocycles. The second-order valence-electron chi connectivity index (χ2n) is 7.02. The summed E-state index contributed by atoms with van der Waals surface area (Å²) in [7, 11) is 0. The van der Waals surface area contributed by atoms with Crippen LogP contribution in [0.25, 0.3) is 0 Å². The topological polar surface area (TPSA) is 51.1 Å². The van der Waals surface area contributed by atoms with Crippen LogP contribution in [-0.4, -0.2) is 22.3 Å². The highest BCUT2D eigenvalue weighted by molar-refractivity contribution is 6.30. The lowest BCUT2D eigenvalue weighted by molar-refractivity contribution is -0.121. The van der Waals surface area contributed by atoms with Crippen LogP contribution in [0.2, 0.25) is 5.02 Å². The van der Waals surface area contributed by atoms with E-state index in [1.807, 2.05) is 54.8 Å². The van der Waals surface area contributed by atoms with Crippen LogP contribution in [0, 0.1) is 0 Å². The van der Waals surface area contributed by atoms with Crippen LogP contribution in [0.5, 0.6) is 0 Å². The third kappa shape index (κ3) is 4.90. The van der Waals surface area contributed by atoms with Crippen LogP contribution in [0.4, 0.5) is 0 Å². The molecule has 0 unspecified atom stereocenters. The number of nitrogens with one attached hydrogen (secondary N) is 1. The monoisotopic (exact) mass is 394 g/mol. The lowest BCUT2D eigenvalue weighted by Gasteiger charge is -2.14. The SMILES string of the molecule is CC(C)NC(=O)Cc1ccc(C(=O)c2ccc(Cl)cc2)n1Cc1ccccc1. The first-order chi connectivity index (χ1) is 13.4. The largest absolute Gasteiger partial charge is 0.354 e. The minimum atomic E-state index is -0.0943. The molecule has 28 heavy (non-hydrogen) atoms. The second kappa shape index (κ2) is 8.89. The van der Waals surface area contributed by atoms with E-state index in [9.17, 15) is 9.59 Å². The molecule has 0 saturated carbocycles. The van der Waals surface area contributed by atoms with Gasteiger partial charge < -0.3 is 9.88 Å². The number of carbonyl (C=O) groups excluding carboxylic acids is 2. The van der Waals surface area contributed by atoms with Crippen molar-refractivity contribution >= 4 is 23.3 Å². The molecule has 0 fully saturated rings. The average molecular weight is 395 g/mol. The van der Waals surface area contributed by atoms with Gasteiger partial charge in [0.15, 0.2) is 0 Å². The van der Waals surface area contributed by atoms with Crippen LogP contribution in [-0.2, 0) is 17.8 Å². The molecule has 0 aliphatic rings. The van der Waals surface area contributed by atoms with Crippen LogP contribution in [0.1, 0.15) is 41.2 Å². The van der Waals surface area contributed by atoms with E-state index in [1.165, 1.54) is 0 Å². The Morgan fingerprint density at radius 3 is 2.29 bits per heavy atom. The maximum Gasteiger partial charge on any atom is 0.226 e. The van der Waals surface area contributed by atoms with Crippen molar-refractivity contribution in [3.63, 3.8) is 0 Å². The molecule has 3 rings (SSSR count). The van der Waals surface area contributed by atoms with Gasteiger partial charge in [-0.1, -0.05) is 41.9 Å². The van der Waals surface area contributed by atoms with Gasteiger partial charge in [-0.2, -0.15) is 0 Å². The molecule has 0 aliphatic heterocycles. The summed E-state index contributed by atoms with van der Waals surface area (Å²) in [6, 6.07) is 20.5. The lowest BCUT2D eigenvalue weighted by atomic mass is 10.1. The Kier molecular flexibility index (Phi) is 6.32. The Bertz CT molecular complexity index is 960. The molecular weight excluding hydrogens is 372 g/mol. The van der Waals surface area contributed by atoms with Crippen molar-refractivity contribution in [1.29, 1.82) is 0 Å². The Labute approximate surface area is 170 Å². The van der Waals surface area contributed by atoms with Gasteiger partial charge >= 0.3 is 0 Å². The summed E-state index contributed by atoms with van der Waals surface area (Å²) in [5, 5.41) is 3.49. The molecule has 0 aliphatic carbocycles. The summed E-state index contributed by atoms with van der Waals surface area (Å²) in [4.78, 5) is 25.4. The van der Waals surface area contributed by atoms with Crippen LogP contribution >= 0.6 is 11.6 Å². The fourth-order valence-electron chi connectivity index (χ4n) is 3.10. The second-order valence-corrected chi connectivity index (χ2v) is 7.45. The fraction of sp³-hybridized carbons (Fsp3) is 0.217. The predicted octanol–water partition coefficient (Wildman–Crippen LogP) is 4.49. The highest BCUT2D eigenvalue weighted by atomic mass is 35.5. The predicted molar refractivity (Wildman–Crippen MR) is 112 cm³/mol. The van der Waals surface area contributed by atoms with Crippen molar-refractivity contribution in [3.8, 4) is 0 Å². The first-order valence-electron chi connectivity index (χ1n) is 9.26. The van der Waals surface area contributed by atoms with Gasteiger partial charge in [0.1, 0.15) is 0 Å². The van der Waals surface area contributed by atoms with Gasteiger partial charge in [-0.3, -0.25) is 9.59 Å². The quantitative estimate of drug-likeness (QED) is 0.600. The molecule has 2 aromatic carbocycles. The number of amides is 1. The first kappa shape index (κ1) is 19.9. The Hall–Kier alpha value is -2.85. The van der Waals surface area contributed by atoms with Crippen molar-refractivity contribution < 1.29 is 9.59 Å². The highest BCUT2D eigenvalue weighted by Gasteiger charge is 2.19. The number of ketones is 1. The number of halogens is 1. The average Bonchev–Trinajstić information content (AvgIpc) is 3.04. The summed E-state index contributed by atoms with van der Waals surface area (Å²) in [6.07, 6.45) is 0.221. The molecule has 1 aromatic heterocycles. The molecule has 5 heteroatoms. The fourth-order valence-corrected chi connectivity index (χ4v) is 3.23. The third-order valence-corrected chi connectivity index (χ3v) is 4.64. The van der Waals surface area contributed by atoms with E-state index in [0.29, 0.717) is 22.8 Å². The molecule has 0 atom stereocenters. The van der Waals surface area contributed by atoms with Crippen molar-refractivity contribution in [3.05, 3.63) is 94.3 Å². The van der Waals surface area contributed by atoms with Gasteiger partial charge in [-0.05, 0) is 55.8 Å². The summed E-state index contributed by atoms with van der Waals surface area (Å²) in [6.45, 7) is 4.37. The number of nitrogens with zero attached hydrogens (tertiary/aromatic N) is 1. The van der Waals surface area contributed by atoms with Crippen LogP contribution in [0.15, 0.2) is 66.7 Å². The zero-order valence-electron chi connectivity index (χ0n) is 16.0. The highest BCUT2D eigenvalue weighted by Crippen LogP contribution is 2.19. The van der Waals surface area contributed by atoms with Gasteiger partial charge in [0.2, 0.25) is 11.7 Å². The van der Waals surface area contributed by atoms with E-state index in [2.05, 4.69) is 5.32 Å². The smallest absolute Gasteiger partial charge is 0.226 e. The van der Waals surface area contributed by atoms with Gasteiger partial charge in [-0.15, -0.1) is 0 Å². The van der Waals surface area contributed by atoms with E-state index >= 15 is 0 Å². The van der Waals surface area contributed by atoms with Crippen molar-refractivity contribution in [2.45, 2.75) is 32.9 Å². The molecular formula is C23H23ClN2O2. The Morgan fingerprint density at radius 2 is 1.64 bits per heavy atom. The molecule has 4 nitrogen and oxygen atoms in total. The Balaban J connectivity index is 1.95. The minimum Gasteiger partial charge on any atom is -0.354 e. The summed E-state index contributed by atoms with van der Waals surface area (Å²) in [5.41, 5.74) is 2.99. The molecule has 0 spiro atoms. The zero-order valence-corrected chi connectivity index (χ0v) is 16.7. The normalized spacial score (nSPS) is 10.9. The van der Waals surface area contributed by atoms with E-state index in [4.69, 9.17) is 11.6 Å². The molecule has 1 heterocycles. The molecule has 3 aromatic rings. The van der Waals surface area contributed by atoms with Crippen molar-refractivity contribution in [2.75, 3.05) is 0 Å². The summed E-state index contributed by atoms with van der Waals surface area (Å²) < 4.78 is 1.92. The van der Waals surface area contributed by atoms with E-state index in [0.717, 1.165) is 11.3 Å². The maximum atomic E-state index is 13.1. The van der Waals surface area contributed by atoms with E-state index in [-0.39, 0.29) is 24.2 Å². The standard InChI is InChI=1S/C23H23ClN2O2/c1-16(2)25-22(27)14-20-12-13-21(23(28)18-8-10-19(24)11-9-18)26(20)15-17-6-4-3-5-7-17/h3-13,16H,14-15H2,1-2H3,(H,25,27). The van der Waals surface area contributed by atoms with E-state index in [1.54, 1.807) is 30.3 Å². The van der Waals surface area contributed by atoms with Gasteiger partial charge in [0.05, 0.1) is 12.1 Å². The number of aromatic nitrogens is 1. The minimum absolute atomic E-state index is 0.0621. The van der Waals surface area contributed by atoms with Crippen LogP contribution in [0.3, 0.4) is 0 Å².